The van der Waals surface area contributed by atoms with Crippen molar-refractivity contribution in [3.8, 4) is 0 Å². The highest BCUT2D eigenvalue weighted by Gasteiger charge is 2.48. The summed E-state index contributed by atoms with van der Waals surface area (Å²) in [6.07, 6.45) is 2.44. The molecule has 1 aromatic heterocycles. The molecule has 132 valence electrons. The predicted octanol–water partition coefficient (Wildman–Crippen LogP) is 4.45. The van der Waals surface area contributed by atoms with Crippen molar-refractivity contribution in [2.75, 3.05) is 0 Å². The van der Waals surface area contributed by atoms with Gasteiger partial charge in [0.15, 0.2) is 0 Å². The third kappa shape index (κ3) is 3.62. The maximum atomic E-state index is 12.7. The van der Waals surface area contributed by atoms with Crippen LogP contribution in [0.15, 0.2) is 29.6 Å². The summed E-state index contributed by atoms with van der Waals surface area (Å²) >= 11 is 7.46. The molecule has 0 N–H and O–H groups in total. The van der Waals surface area contributed by atoms with Crippen LogP contribution in [0.1, 0.15) is 49.4 Å². The van der Waals surface area contributed by atoms with Crippen LogP contribution in [0.5, 0.6) is 0 Å². The summed E-state index contributed by atoms with van der Waals surface area (Å²) in [6, 6.07) is 7.69. The van der Waals surface area contributed by atoms with Crippen LogP contribution in [0.3, 0.4) is 0 Å². The molecule has 0 bridgehead atoms. The number of thiazole rings is 1. The summed E-state index contributed by atoms with van der Waals surface area (Å²) in [7, 11) is 0. The van der Waals surface area contributed by atoms with Crippen LogP contribution in [0.4, 0.5) is 0 Å². The second-order valence-corrected chi connectivity index (χ2v) is 7.86. The summed E-state index contributed by atoms with van der Waals surface area (Å²) < 4.78 is 0. The lowest BCUT2D eigenvalue weighted by molar-refractivity contribution is -0.142. The summed E-state index contributed by atoms with van der Waals surface area (Å²) in [6.45, 7) is 4.23. The minimum Gasteiger partial charge on any atom is -0.276 e. The highest BCUT2D eigenvalue weighted by atomic mass is 35.5. The number of likely N-dealkylation sites (tertiary alicyclic amines) is 1. The van der Waals surface area contributed by atoms with E-state index < -0.39 is 5.41 Å². The van der Waals surface area contributed by atoms with E-state index in [0.29, 0.717) is 24.3 Å². The zero-order chi connectivity index (χ0) is 18.0. The lowest BCUT2D eigenvalue weighted by Crippen LogP contribution is -2.34. The van der Waals surface area contributed by atoms with Crippen molar-refractivity contribution in [3.05, 3.63) is 50.9 Å². The van der Waals surface area contributed by atoms with Gasteiger partial charge < -0.3 is 0 Å². The van der Waals surface area contributed by atoms with Gasteiger partial charge in [0, 0.05) is 23.2 Å². The van der Waals surface area contributed by atoms with E-state index in [2.05, 4.69) is 4.98 Å². The van der Waals surface area contributed by atoms with Crippen molar-refractivity contribution in [2.24, 2.45) is 5.41 Å². The van der Waals surface area contributed by atoms with Crippen LogP contribution in [0.2, 0.25) is 5.02 Å². The molecule has 2 amide bonds. The largest absolute Gasteiger partial charge is 0.276 e. The van der Waals surface area contributed by atoms with Gasteiger partial charge in [-0.05, 0) is 30.5 Å². The molecule has 0 spiro atoms. The van der Waals surface area contributed by atoms with Crippen LogP contribution < -0.4 is 0 Å². The summed E-state index contributed by atoms with van der Waals surface area (Å²) in [4.78, 5) is 31.0. The Hall–Kier alpha value is -1.72. The fraction of sp³-hybridized carbons (Fsp3) is 0.421. The fourth-order valence-electron chi connectivity index (χ4n) is 3.26. The first-order valence-corrected chi connectivity index (χ1v) is 9.75. The average Bonchev–Trinajstić information content (AvgIpc) is 3.15. The van der Waals surface area contributed by atoms with E-state index in [0.717, 1.165) is 22.7 Å². The Kier molecular flexibility index (Phi) is 5.25. The van der Waals surface area contributed by atoms with Gasteiger partial charge in [0.2, 0.25) is 11.8 Å². The third-order valence-corrected chi connectivity index (χ3v) is 6.18. The maximum Gasteiger partial charge on any atom is 0.236 e. The van der Waals surface area contributed by atoms with Crippen molar-refractivity contribution in [2.45, 2.75) is 46.1 Å². The van der Waals surface area contributed by atoms with E-state index in [1.54, 1.807) is 11.3 Å². The molecule has 1 aromatic carbocycles. The lowest BCUT2D eigenvalue weighted by Gasteiger charge is -2.23. The molecule has 0 atom stereocenters. The average molecular weight is 377 g/mol. The Morgan fingerprint density at radius 3 is 2.48 bits per heavy atom. The van der Waals surface area contributed by atoms with E-state index in [1.807, 2.05) is 43.5 Å². The third-order valence-electron chi connectivity index (χ3n) is 5.03. The number of nitrogens with zero attached hydrogens (tertiary/aromatic N) is 2. The molecular formula is C19H21ClN2O2S. The first kappa shape index (κ1) is 18.1. The van der Waals surface area contributed by atoms with Crippen molar-refractivity contribution < 1.29 is 9.59 Å². The van der Waals surface area contributed by atoms with Crippen LogP contribution >= 0.6 is 22.9 Å². The molecule has 2 aromatic rings. The van der Waals surface area contributed by atoms with Crippen LogP contribution in [0.25, 0.3) is 0 Å². The lowest BCUT2D eigenvalue weighted by atomic mass is 9.81. The van der Waals surface area contributed by atoms with E-state index in [1.165, 1.54) is 4.90 Å². The van der Waals surface area contributed by atoms with Gasteiger partial charge in [-0.1, -0.05) is 37.6 Å². The SMILES string of the molecule is CCC1(CC)CC(=O)N(Cc2csc(Cc3ccc(Cl)cc3)n2)C1=O. The summed E-state index contributed by atoms with van der Waals surface area (Å²) in [5, 5.41) is 3.61. The number of benzene rings is 1. The van der Waals surface area contributed by atoms with Crippen molar-refractivity contribution in [3.63, 3.8) is 0 Å². The Morgan fingerprint density at radius 1 is 1.20 bits per heavy atom. The molecule has 1 aliphatic rings. The van der Waals surface area contributed by atoms with Crippen molar-refractivity contribution >= 4 is 34.8 Å². The van der Waals surface area contributed by atoms with Gasteiger partial charge in [0.25, 0.3) is 0 Å². The van der Waals surface area contributed by atoms with Gasteiger partial charge >= 0.3 is 0 Å². The van der Waals surface area contributed by atoms with Crippen LogP contribution in [-0.4, -0.2) is 21.7 Å². The molecule has 3 rings (SSSR count). The minimum atomic E-state index is -0.515. The number of amides is 2. The number of hydrogen-bond donors (Lipinski definition) is 0. The number of rotatable bonds is 6. The Bertz CT molecular complexity index is 781. The molecule has 1 saturated heterocycles. The van der Waals surface area contributed by atoms with Gasteiger partial charge in [0.05, 0.1) is 22.7 Å². The zero-order valence-corrected chi connectivity index (χ0v) is 16.0. The topological polar surface area (TPSA) is 50.3 Å². The maximum absolute atomic E-state index is 12.7. The summed E-state index contributed by atoms with van der Waals surface area (Å²) in [5.41, 5.74) is 1.40. The Balaban J connectivity index is 1.70. The standard InChI is InChI=1S/C19H21ClN2O2S/c1-3-19(4-2)10-17(23)22(18(19)24)11-15-12-25-16(21-15)9-13-5-7-14(20)8-6-13/h5-8,12H,3-4,9-11H2,1-2H3. The normalized spacial score (nSPS) is 16.7. The molecular weight excluding hydrogens is 356 g/mol. The monoisotopic (exact) mass is 376 g/mol. The first-order valence-electron chi connectivity index (χ1n) is 8.50. The number of aromatic nitrogens is 1. The van der Waals surface area contributed by atoms with Gasteiger partial charge in [-0.3, -0.25) is 14.5 Å². The smallest absolute Gasteiger partial charge is 0.236 e. The second kappa shape index (κ2) is 7.26. The minimum absolute atomic E-state index is 0.0465. The molecule has 25 heavy (non-hydrogen) atoms. The van der Waals surface area contributed by atoms with E-state index >= 15 is 0 Å². The molecule has 0 radical (unpaired) electrons. The number of halogens is 1. The predicted molar refractivity (Wildman–Crippen MR) is 99.6 cm³/mol. The van der Waals surface area contributed by atoms with Gasteiger partial charge in [-0.15, -0.1) is 11.3 Å². The van der Waals surface area contributed by atoms with Crippen molar-refractivity contribution in [1.29, 1.82) is 0 Å². The molecule has 6 heteroatoms. The molecule has 1 fully saturated rings. The van der Waals surface area contributed by atoms with Gasteiger partial charge in [-0.25, -0.2) is 4.98 Å². The number of imide groups is 1. The second-order valence-electron chi connectivity index (χ2n) is 6.49. The highest BCUT2D eigenvalue weighted by Crippen LogP contribution is 2.39. The van der Waals surface area contributed by atoms with E-state index in [-0.39, 0.29) is 18.4 Å². The molecule has 4 nitrogen and oxygen atoms in total. The quantitative estimate of drug-likeness (QED) is 0.699. The van der Waals surface area contributed by atoms with Crippen molar-refractivity contribution in [1.82, 2.24) is 9.88 Å². The number of carbonyl (C=O) groups is 2. The highest BCUT2D eigenvalue weighted by molar-refractivity contribution is 7.09. The fourth-order valence-corrected chi connectivity index (χ4v) is 4.21. The first-order chi connectivity index (χ1) is 12.0. The molecule has 2 heterocycles. The van der Waals surface area contributed by atoms with Crippen LogP contribution in [0, 0.1) is 5.41 Å². The van der Waals surface area contributed by atoms with Gasteiger partial charge in [0.1, 0.15) is 0 Å². The molecule has 0 aliphatic carbocycles. The number of hydrogen-bond acceptors (Lipinski definition) is 4. The summed E-state index contributed by atoms with van der Waals surface area (Å²) in [5.74, 6) is -0.129. The van der Waals surface area contributed by atoms with E-state index in [4.69, 9.17) is 11.6 Å². The zero-order valence-electron chi connectivity index (χ0n) is 14.4. The van der Waals surface area contributed by atoms with Gasteiger partial charge in [-0.2, -0.15) is 0 Å². The molecule has 0 saturated carbocycles. The molecule has 0 unspecified atom stereocenters. The van der Waals surface area contributed by atoms with E-state index in [9.17, 15) is 9.59 Å². The Labute approximate surface area is 156 Å². The number of carbonyl (C=O) groups excluding carboxylic acids is 2. The Morgan fingerprint density at radius 2 is 1.88 bits per heavy atom. The van der Waals surface area contributed by atoms with Crippen LogP contribution in [-0.2, 0) is 22.6 Å². The molecule has 1 aliphatic heterocycles.